The summed E-state index contributed by atoms with van der Waals surface area (Å²) < 4.78 is 29.8. The lowest BCUT2D eigenvalue weighted by molar-refractivity contribution is 0.0443. The van der Waals surface area contributed by atoms with Crippen LogP contribution in [0.3, 0.4) is 0 Å². The van der Waals surface area contributed by atoms with Crippen LogP contribution in [-0.2, 0) is 4.74 Å². The van der Waals surface area contributed by atoms with Gasteiger partial charge in [-0.25, -0.2) is 18.4 Å². The molecule has 1 aliphatic rings. The van der Waals surface area contributed by atoms with Crippen LogP contribution in [0, 0.1) is 11.6 Å². The van der Waals surface area contributed by atoms with Gasteiger partial charge in [-0.1, -0.05) is 0 Å². The first-order chi connectivity index (χ1) is 6.95. The average Bonchev–Trinajstić information content (AvgIpc) is 2.47. The SMILES string of the molecule is O=C1OC(=O)c2c(Br)c(F)c(F)c(Br)c21. The first-order valence-electron chi connectivity index (χ1n) is 3.57. The Hall–Kier alpha value is -0.820. The van der Waals surface area contributed by atoms with Gasteiger partial charge in [-0.2, -0.15) is 0 Å². The van der Waals surface area contributed by atoms with Crippen molar-refractivity contribution >= 4 is 43.8 Å². The normalized spacial score (nSPS) is 14.1. The molecule has 1 aromatic carbocycles. The molecule has 0 radical (unpaired) electrons. The Morgan fingerprint density at radius 3 is 1.53 bits per heavy atom. The van der Waals surface area contributed by atoms with Crippen LogP contribution in [0.1, 0.15) is 20.7 Å². The van der Waals surface area contributed by atoms with Crippen molar-refractivity contribution in [3.8, 4) is 0 Å². The fourth-order valence-corrected chi connectivity index (χ4v) is 2.27. The quantitative estimate of drug-likeness (QED) is 0.315. The molecule has 0 saturated heterocycles. The topological polar surface area (TPSA) is 43.4 Å². The average molecular weight is 342 g/mol. The van der Waals surface area contributed by atoms with Crippen LogP contribution < -0.4 is 0 Å². The number of cyclic esters (lactones) is 2. The van der Waals surface area contributed by atoms with Crippen LogP contribution in [0.4, 0.5) is 8.78 Å². The van der Waals surface area contributed by atoms with Gasteiger partial charge in [-0.05, 0) is 31.9 Å². The van der Waals surface area contributed by atoms with Gasteiger partial charge in [0.05, 0.1) is 20.1 Å². The summed E-state index contributed by atoms with van der Waals surface area (Å²) in [5, 5.41) is 0. The summed E-state index contributed by atoms with van der Waals surface area (Å²) in [4.78, 5) is 22.3. The molecular formula is C8Br2F2O3. The maximum absolute atomic E-state index is 13.2. The molecule has 0 aliphatic carbocycles. The Bertz CT molecular complexity index is 468. The van der Waals surface area contributed by atoms with E-state index in [1.807, 2.05) is 0 Å². The molecule has 3 nitrogen and oxygen atoms in total. The number of rotatable bonds is 0. The third-order valence-electron chi connectivity index (χ3n) is 1.86. The van der Waals surface area contributed by atoms with E-state index in [0.717, 1.165) is 0 Å². The Kier molecular flexibility index (Phi) is 2.38. The number of hydrogen-bond acceptors (Lipinski definition) is 3. The number of benzene rings is 1. The van der Waals surface area contributed by atoms with Gasteiger partial charge in [-0.15, -0.1) is 0 Å². The number of carbonyl (C=O) groups is 2. The molecule has 0 saturated carbocycles. The highest BCUT2D eigenvalue weighted by molar-refractivity contribution is 9.11. The second-order valence-corrected chi connectivity index (χ2v) is 4.27. The van der Waals surface area contributed by atoms with E-state index >= 15 is 0 Å². The molecule has 1 heterocycles. The van der Waals surface area contributed by atoms with Gasteiger partial charge in [0.15, 0.2) is 11.6 Å². The summed E-state index contributed by atoms with van der Waals surface area (Å²) in [5.74, 6) is -4.48. The van der Waals surface area contributed by atoms with Gasteiger partial charge in [0.25, 0.3) is 0 Å². The van der Waals surface area contributed by atoms with E-state index in [0.29, 0.717) is 0 Å². The van der Waals surface area contributed by atoms with Crippen LogP contribution in [0.2, 0.25) is 0 Å². The minimum atomic E-state index is -1.24. The molecule has 0 fully saturated rings. The van der Waals surface area contributed by atoms with Gasteiger partial charge >= 0.3 is 11.9 Å². The van der Waals surface area contributed by atoms with Gasteiger partial charge < -0.3 is 4.74 Å². The highest BCUT2D eigenvalue weighted by Gasteiger charge is 2.38. The minimum absolute atomic E-state index is 0.300. The van der Waals surface area contributed by atoms with Crippen LogP contribution in [-0.4, -0.2) is 11.9 Å². The summed E-state index contributed by atoms with van der Waals surface area (Å²) in [6, 6.07) is 0. The smallest absolute Gasteiger partial charge is 0.348 e. The van der Waals surface area contributed by atoms with Crippen molar-refractivity contribution in [1.29, 1.82) is 0 Å². The lowest BCUT2D eigenvalue weighted by Gasteiger charge is -2.03. The molecule has 0 atom stereocenters. The molecule has 0 N–H and O–H groups in total. The fraction of sp³-hybridized carbons (Fsp3) is 0. The molecule has 0 unspecified atom stereocenters. The van der Waals surface area contributed by atoms with Crippen LogP contribution in [0.25, 0.3) is 0 Å². The van der Waals surface area contributed by atoms with Crippen molar-refractivity contribution in [1.82, 2.24) is 0 Å². The van der Waals surface area contributed by atoms with E-state index in [9.17, 15) is 18.4 Å². The zero-order valence-electron chi connectivity index (χ0n) is 6.74. The predicted molar refractivity (Wildman–Crippen MR) is 51.5 cm³/mol. The first kappa shape index (κ1) is 10.7. The second kappa shape index (κ2) is 3.34. The third-order valence-corrected chi connectivity index (χ3v) is 3.35. The Morgan fingerprint density at radius 1 is 0.867 bits per heavy atom. The van der Waals surface area contributed by atoms with Crippen molar-refractivity contribution in [2.45, 2.75) is 0 Å². The van der Waals surface area contributed by atoms with Crippen molar-refractivity contribution in [2.75, 3.05) is 0 Å². The molecule has 1 aromatic rings. The van der Waals surface area contributed by atoms with Crippen LogP contribution >= 0.6 is 31.9 Å². The largest absolute Gasteiger partial charge is 0.386 e. The van der Waals surface area contributed by atoms with E-state index in [1.54, 1.807) is 0 Å². The number of halogens is 4. The first-order valence-corrected chi connectivity index (χ1v) is 5.16. The summed E-state index contributed by atoms with van der Waals surface area (Å²) in [5.41, 5.74) is -0.600. The number of esters is 2. The van der Waals surface area contributed by atoms with E-state index in [2.05, 4.69) is 36.6 Å². The van der Waals surface area contributed by atoms with Crippen molar-refractivity contribution in [3.05, 3.63) is 31.7 Å². The highest BCUT2D eigenvalue weighted by Crippen LogP contribution is 2.37. The van der Waals surface area contributed by atoms with Gasteiger partial charge in [0.1, 0.15) is 0 Å². The number of ether oxygens (including phenoxy) is 1. The number of carbonyl (C=O) groups excluding carboxylic acids is 2. The fourth-order valence-electron chi connectivity index (χ4n) is 1.20. The summed E-state index contributed by atoms with van der Waals surface area (Å²) in [6.45, 7) is 0. The van der Waals surface area contributed by atoms with Gasteiger partial charge in [0, 0.05) is 0 Å². The summed E-state index contributed by atoms with van der Waals surface area (Å²) in [6.07, 6.45) is 0. The molecule has 1 aliphatic heterocycles. The summed E-state index contributed by atoms with van der Waals surface area (Å²) >= 11 is 5.39. The summed E-state index contributed by atoms with van der Waals surface area (Å²) in [7, 11) is 0. The van der Waals surface area contributed by atoms with Crippen LogP contribution in [0.5, 0.6) is 0 Å². The lowest BCUT2D eigenvalue weighted by Crippen LogP contribution is -2.01. The molecule has 0 spiro atoms. The predicted octanol–water partition coefficient (Wildman–Crippen LogP) is 2.80. The zero-order valence-corrected chi connectivity index (χ0v) is 9.91. The standard InChI is InChI=1S/C8Br2F2O3/c9-3-1-2(8(14)15-7(1)13)4(10)6(12)5(3)11. The van der Waals surface area contributed by atoms with E-state index in [1.165, 1.54) is 0 Å². The van der Waals surface area contributed by atoms with Crippen molar-refractivity contribution in [2.24, 2.45) is 0 Å². The van der Waals surface area contributed by atoms with Gasteiger partial charge in [-0.3, -0.25) is 0 Å². The molecule has 0 bridgehead atoms. The zero-order chi connectivity index (χ0) is 11.3. The van der Waals surface area contributed by atoms with E-state index in [-0.39, 0.29) is 11.1 Å². The maximum atomic E-state index is 13.2. The molecule has 2 rings (SSSR count). The maximum Gasteiger partial charge on any atom is 0.348 e. The second-order valence-electron chi connectivity index (χ2n) is 2.68. The molecule has 0 amide bonds. The van der Waals surface area contributed by atoms with Crippen molar-refractivity contribution < 1.29 is 23.1 Å². The van der Waals surface area contributed by atoms with Gasteiger partial charge in [0.2, 0.25) is 0 Å². The Balaban J connectivity index is 2.92. The molecular weight excluding hydrogens is 342 g/mol. The Morgan fingerprint density at radius 2 is 1.20 bits per heavy atom. The molecule has 15 heavy (non-hydrogen) atoms. The van der Waals surface area contributed by atoms with E-state index in [4.69, 9.17) is 0 Å². The molecule has 78 valence electrons. The molecule has 0 aromatic heterocycles. The van der Waals surface area contributed by atoms with Crippen molar-refractivity contribution in [3.63, 3.8) is 0 Å². The van der Waals surface area contributed by atoms with Crippen LogP contribution in [0.15, 0.2) is 8.95 Å². The third kappa shape index (κ3) is 1.33. The Labute approximate surface area is 98.7 Å². The monoisotopic (exact) mass is 340 g/mol. The lowest BCUT2D eigenvalue weighted by atomic mass is 10.1. The number of hydrogen-bond donors (Lipinski definition) is 0. The number of fused-ring (bicyclic) bond motifs is 1. The minimum Gasteiger partial charge on any atom is -0.386 e. The highest BCUT2D eigenvalue weighted by atomic mass is 79.9. The molecule has 7 heteroatoms. The van der Waals surface area contributed by atoms with E-state index < -0.39 is 32.5 Å².